The average molecular weight is 425 g/mol. The van der Waals surface area contributed by atoms with Crippen LogP contribution in [0.25, 0.3) is 0 Å². The fourth-order valence-electron chi connectivity index (χ4n) is 3.96. The lowest BCUT2D eigenvalue weighted by atomic mass is 9.79. The molecule has 2 fully saturated rings. The number of alkyl halides is 3. The van der Waals surface area contributed by atoms with Gasteiger partial charge in [-0.2, -0.15) is 17.5 Å². The second-order valence-corrected chi connectivity index (χ2v) is 10.1. The zero-order chi connectivity index (χ0) is 19.8. The van der Waals surface area contributed by atoms with E-state index in [4.69, 9.17) is 4.18 Å². The normalized spacial score (nSPS) is 28.5. The molecule has 3 rings (SSSR count). The summed E-state index contributed by atoms with van der Waals surface area (Å²) in [5.74, 6) is -0.0945. The van der Waals surface area contributed by atoms with Gasteiger partial charge in [0.05, 0.1) is 11.0 Å². The van der Waals surface area contributed by atoms with E-state index < -0.39 is 32.7 Å². The van der Waals surface area contributed by atoms with Crippen molar-refractivity contribution in [2.75, 3.05) is 6.54 Å². The van der Waals surface area contributed by atoms with Gasteiger partial charge in [-0.25, -0.2) is 12.6 Å². The molecule has 0 N–H and O–H groups in total. The highest BCUT2D eigenvalue weighted by molar-refractivity contribution is 7.89. The smallest absolute Gasteiger partial charge is 0.279 e. The number of nitrogens with zero attached hydrogens (tertiary/aromatic N) is 1. The van der Waals surface area contributed by atoms with Crippen LogP contribution in [0, 0.1) is 12.8 Å². The Morgan fingerprint density at radius 2 is 1.78 bits per heavy atom. The van der Waals surface area contributed by atoms with E-state index in [9.17, 15) is 25.8 Å². The van der Waals surface area contributed by atoms with Crippen LogP contribution in [0.3, 0.4) is 0 Å². The monoisotopic (exact) mass is 425 g/mol. The van der Waals surface area contributed by atoms with Gasteiger partial charge >= 0.3 is 5.51 Å². The third-order valence-electron chi connectivity index (χ3n) is 5.23. The lowest BCUT2D eigenvalue weighted by Crippen LogP contribution is -2.55. The fraction of sp³-hybridized carbons (Fsp3) is 0.647. The summed E-state index contributed by atoms with van der Waals surface area (Å²) in [7, 11) is -3.88. The molecule has 0 spiro atoms. The van der Waals surface area contributed by atoms with Gasteiger partial charge in [0, 0.05) is 12.6 Å². The van der Waals surface area contributed by atoms with Crippen LogP contribution < -0.4 is 0 Å². The zero-order valence-electron chi connectivity index (χ0n) is 14.8. The summed E-state index contributed by atoms with van der Waals surface area (Å²) in [5, 5.41) is 0. The van der Waals surface area contributed by atoms with E-state index in [0.29, 0.717) is 6.42 Å². The molecule has 0 amide bonds. The van der Waals surface area contributed by atoms with Crippen LogP contribution in [0.2, 0.25) is 0 Å². The molecule has 1 aromatic carbocycles. The minimum atomic E-state index is -4.98. The van der Waals surface area contributed by atoms with Gasteiger partial charge in [0.2, 0.25) is 10.0 Å². The Kier molecular flexibility index (Phi) is 6.00. The summed E-state index contributed by atoms with van der Waals surface area (Å²) in [6, 6.07) is 6.11. The van der Waals surface area contributed by atoms with Crippen LogP contribution in [-0.2, 0) is 25.3 Å². The van der Waals surface area contributed by atoms with E-state index >= 15 is 0 Å². The topological polar surface area (TPSA) is 63.7 Å². The van der Waals surface area contributed by atoms with Crippen molar-refractivity contribution in [1.82, 2.24) is 4.31 Å². The Morgan fingerprint density at radius 3 is 2.41 bits per heavy atom. The number of rotatable bonds is 4. The van der Waals surface area contributed by atoms with Gasteiger partial charge in [0.25, 0.3) is 11.1 Å². The minimum absolute atomic E-state index is 0.0945. The van der Waals surface area contributed by atoms with Gasteiger partial charge in [-0.15, -0.1) is 0 Å². The van der Waals surface area contributed by atoms with E-state index in [2.05, 4.69) is 0 Å². The molecule has 0 aromatic heterocycles. The Hall–Kier alpha value is -0.970. The molecule has 4 atom stereocenters. The van der Waals surface area contributed by atoms with Crippen LogP contribution in [-0.4, -0.2) is 41.1 Å². The highest BCUT2D eigenvalue weighted by Gasteiger charge is 2.47. The van der Waals surface area contributed by atoms with Crippen molar-refractivity contribution in [2.45, 2.75) is 61.6 Å². The molecular weight excluding hydrogens is 403 g/mol. The van der Waals surface area contributed by atoms with E-state index in [1.165, 1.54) is 16.4 Å². The average Bonchev–Trinajstić information content (AvgIpc) is 2.60. The molecule has 0 radical (unpaired) electrons. The molecular formula is C17H22F3NO4S2. The Balaban J connectivity index is 1.88. The first kappa shape index (κ1) is 20.8. The van der Waals surface area contributed by atoms with Gasteiger partial charge < -0.3 is 0 Å². The SMILES string of the molecule is Cc1ccc(S(=O)(=O)N2C[C@H](OS(=O)C(F)(F)F)C[C@@H]3CCCC[C@@H]32)cc1. The van der Waals surface area contributed by atoms with Crippen molar-refractivity contribution < 1.29 is 30.0 Å². The number of piperidine rings is 1. The lowest BCUT2D eigenvalue weighted by Gasteiger charge is -2.45. The predicted octanol–water partition coefficient (Wildman–Crippen LogP) is 3.52. The van der Waals surface area contributed by atoms with Crippen LogP contribution in [0.5, 0.6) is 0 Å². The first-order valence-electron chi connectivity index (χ1n) is 8.83. The lowest BCUT2D eigenvalue weighted by molar-refractivity contribution is -0.0541. The summed E-state index contributed by atoms with van der Waals surface area (Å²) in [4.78, 5) is 0.106. The molecule has 152 valence electrons. The third-order valence-corrected chi connectivity index (χ3v) is 7.96. The first-order chi connectivity index (χ1) is 12.6. The number of hydrogen-bond acceptors (Lipinski definition) is 4. The highest BCUT2D eigenvalue weighted by Crippen LogP contribution is 2.39. The fourth-order valence-corrected chi connectivity index (χ4v) is 6.20. The van der Waals surface area contributed by atoms with Gasteiger partial charge in [-0.1, -0.05) is 30.5 Å². The van der Waals surface area contributed by atoms with Crippen molar-refractivity contribution in [3.63, 3.8) is 0 Å². The van der Waals surface area contributed by atoms with E-state index in [0.717, 1.165) is 24.8 Å². The second-order valence-electron chi connectivity index (χ2n) is 7.13. The van der Waals surface area contributed by atoms with E-state index in [1.54, 1.807) is 12.1 Å². The maximum atomic E-state index is 13.2. The van der Waals surface area contributed by atoms with Gasteiger partial charge in [0.15, 0.2) is 0 Å². The Morgan fingerprint density at radius 1 is 1.15 bits per heavy atom. The third kappa shape index (κ3) is 4.55. The maximum Gasteiger partial charge on any atom is 0.497 e. The standard InChI is InChI=1S/C17H22F3NO4S2/c1-12-6-8-15(9-7-12)27(23,24)21-11-14(25-26(22)17(18,19)20)10-13-4-2-3-5-16(13)21/h6-9,13-14,16H,2-5,10-11H2,1H3/t13-,14+,16-,26?/m0/s1. The second kappa shape index (κ2) is 7.81. The van der Waals surface area contributed by atoms with Gasteiger partial charge in [-0.3, -0.25) is 4.18 Å². The Bertz CT molecular complexity index is 795. The molecule has 1 aliphatic heterocycles. The molecule has 0 bridgehead atoms. The van der Waals surface area contributed by atoms with Gasteiger partial charge in [-0.05, 0) is 44.2 Å². The minimum Gasteiger partial charge on any atom is -0.279 e. The largest absolute Gasteiger partial charge is 0.497 e. The van der Waals surface area contributed by atoms with Crippen molar-refractivity contribution in [2.24, 2.45) is 5.92 Å². The summed E-state index contributed by atoms with van der Waals surface area (Å²) in [5.41, 5.74) is -4.07. The Labute approximate surface area is 159 Å². The number of hydrogen-bond donors (Lipinski definition) is 0. The van der Waals surface area contributed by atoms with E-state index in [-0.39, 0.29) is 29.8 Å². The summed E-state index contributed by atoms with van der Waals surface area (Å²) in [6.45, 7) is 1.62. The number of halogens is 3. The van der Waals surface area contributed by atoms with Crippen molar-refractivity contribution in [3.05, 3.63) is 29.8 Å². The van der Waals surface area contributed by atoms with Crippen molar-refractivity contribution in [3.8, 4) is 0 Å². The number of fused-ring (bicyclic) bond motifs is 1. The molecule has 1 heterocycles. The van der Waals surface area contributed by atoms with Crippen LogP contribution in [0.4, 0.5) is 13.2 Å². The van der Waals surface area contributed by atoms with E-state index in [1.807, 2.05) is 6.92 Å². The highest BCUT2D eigenvalue weighted by atomic mass is 32.2. The van der Waals surface area contributed by atoms with Crippen molar-refractivity contribution in [1.29, 1.82) is 0 Å². The summed E-state index contributed by atoms with van der Waals surface area (Å²) >= 11 is -3.46. The predicted molar refractivity (Wildman–Crippen MR) is 94.5 cm³/mol. The van der Waals surface area contributed by atoms with Crippen molar-refractivity contribution >= 4 is 21.1 Å². The molecule has 1 saturated heterocycles. The molecule has 1 aliphatic carbocycles. The number of benzene rings is 1. The number of aryl methyl sites for hydroxylation is 1. The first-order valence-corrected chi connectivity index (χ1v) is 11.3. The molecule has 1 saturated carbocycles. The molecule has 5 nitrogen and oxygen atoms in total. The summed E-state index contributed by atoms with van der Waals surface area (Å²) in [6.07, 6.45) is 2.41. The molecule has 2 aliphatic rings. The van der Waals surface area contributed by atoms with Gasteiger partial charge in [0.1, 0.15) is 0 Å². The quantitative estimate of drug-likeness (QED) is 0.741. The molecule has 1 aromatic rings. The van der Waals surface area contributed by atoms with Crippen LogP contribution in [0.1, 0.15) is 37.7 Å². The number of sulfonamides is 1. The summed E-state index contributed by atoms with van der Waals surface area (Å²) < 4.78 is 81.5. The van der Waals surface area contributed by atoms with Crippen LogP contribution >= 0.6 is 0 Å². The molecule has 1 unspecified atom stereocenters. The molecule has 27 heavy (non-hydrogen) atoms. The zero-order valence-corrected chi connectivity index (χ0v) is 16.4. The van der Waals surface area contributed by atoms with Crippen LogP contribution in [0.15, 0.2) is 29.2 Å². The maximum absolute atomic E-state index is 13.2. The molecule has 10 heteroatoms.